The van der Waals surface area contributed by atoms with E-state index in [0.29, 0.717) is 19.0 Å². The Morgan fingerprint density at radius 1 is 1.40 bits per heavy atom. The quantitative estimate of drug-likeness (QED) is 0.499. The molecule has 2 rings (SSSR count). The van der Waals surface area contributed by atoms with E-state index < -0.39 is 5.91 Å². The zero-order valence-electron chi connectivity index (χ0n) is 11.0. The van der Waals surface area contributed by atoms with Crippen molar-refractivity contribution < 1.29 is 13.9 Å². The normalized spacial score (nSPS) is 10.6. The van der Waals surface area contributed by atoms with Crippen LogP contribution >= 0.6 is 15.9 Å². The lowest BCUT2D eigenvalue weighted by Gasteiger charge is -2.04. The zero-order chi connectivity index (χ0) is 14.5. The monoisotopic (exact) mass is 338 g/mol. The Morgan fingerprint density at radius 3 is 2.85 bits per heavy atom. The van der Waals surface area contributed by atoms with Crippen LogP contribution < -0.4 is 11.3 Å². The number of hydrogen-bond donors (Lipinski definition) is 2. The summed E-state index contributed by atoms with van der Waals surface area (Å²) < 4.78 is 12.0. The second-order valence-electron chi connectivity index (χ2n) is 4.28. The number of nitrogens with two attached hydrogens (primary N) is 1. The van der Waals surface area contributed by atoms with E-state index in [9.17, 15) is 4.79 Å². The van der Waals surface area contributed by atoms with Crippen molar-refractivity contribution in [2.75, 3.05) is 0 Å². The number of amides is 1. The SMILES string of the molecule is Cc1cc(COCc2ccccc2Br)oc1C(=O)NN. The molecule has 0 fully saturated rings. The van der Waals surface area contributed by atoms with Gasteiger partial charge in [-0.05, 0) is 24.6 Å². The van der Waals surface area contributed by atoms with E-state index in [1.165, 1.54) is 0 Å². The minimum Gasteiger partial charge on any atom is -0.453 e. The number of carbonyl (C=O) groups is 1. The predicted octanol–water partition coefficient (Wildman–Crippen LogP) is 2.67. The van der Waals surface area contributed by atoms with Gasteiger partial charge in [-0.15, -0.1) is 0 Å². The van der Waals surface area contributed by atoms with Crippen molar-refractivity contribution in [2.24, 2.45) is 5.84 Å². The molecule has 0 aliphatic carbocycles. The van der Waals surface area contributed by atoms with Gasteiger partial charge in [-0.25, -0.2) is 5.84 Å². The molecule has 1 amide bonds. The number of hydrogen-bond acceptors (Lipinski definition) is 4. The maximum absolute atomic E-state index is 11.4. The molecule has 0 unspecified atom stereocenters. The topological polar surface area (TPSA) is 77.5 Å². The maximum atomic E-state index is 11.4. The summed E-state index contributed by atoms with van der Waals surface area (Å²) in [7, 11) is 0. The van der Waals surface area contributed by atoms with E-state index in [4.69, 9.17) is 15.0 Å². The van der Waals surface area contributed by atoms with Gasteiger partial charge >= 0.3 is 5.91 Å². The molecule has 5 nitrogen and oxygen atoms in total. The highest BCUT2D eigenvalue weighted by molar-refractivity contribution is 9.10. The molecular formula is C14H15BrN2O3. The van der Waals surface area contributed by atoms with E-state index in [1.54, 1.807) is 13.0 Å². The van der Waals surface area contributed by atoms with E-state index in [0.717, 1.165) is 15.6 Å². The molecule has 3 N–H and O–H groups in total. The third-order valence-corrected chi connectivity index (χ3v) is 3.54. The number of aryl methyl sites for hydroxylation is 1. The van der Waals surface area contributed by atoms with Crippen LogP contribution in [0.1, 0.15) is 27.4 Å². The molecule has 1 aromatic carbocycles. The number of nitrogen functional groups attached to an aromatic ring is 1. The van der Waals surface area contributed by atoms with Crippen molar-refractivity contribution >= 4 is 21.8 Å². The summed E-state index contributed by atoms with van der Waals surface area (Å²) in [6.45, 7) is 2.53. The number of rotatable bonds is 5. The summed E-state index contributed by atoms with van der Waals surface area (Å²) in [6.07, 6.45) is 0. The Kier molecular flexibility index (Phi) is 4.94. The van der Waals surface area contributed by atoms with Gasteiger partial charge in [-0.3, -0.25) is 10.2 Å². The standard InChI is InChI=1S/C14H15BrN2O3/c1-9-6-11(20-13(9)14(18)17-16)8-19-7-10-4-2-3-5-12(10)15/h2-6H,7-8,16H2,1H3,(H,17,18). The highest BCUT2D eigenvalue weighted by atomic mass is 79.9. The molecule has 106 valence electrons. The third kappa shape index (κ3) is 3.47. The fraction of sp³-hybridized carbons (Fsp3) is 0.214. The first-order valence-electron chi connectivity index (χ1n) is 6.03. The van der Waals surface area contributed by atoms with Gasteiger partial charge in [0.2, 0.25) is 0 Å². The lowest BCUT2D eigenvalue weighted by molar-refractivity contribution is 0.0854. The van der Waals surface area contributed by atoms with Gasteiger partial charge in [0.25, 0.3) is 0 Å². The van der Waals surface area contributed by atoms with Crippen molar-refractivity contribution in [2.45, 2.75) is 20.1 Å². The van der Waals surface area contributed by atoms with Crippen LogP contribution in [0.5, 0.6) is 0 Å². The number of carbonyl (C=O) groups excluding carboxylic acids is 1. The Bertz CT molecular complexity index is 610. The van der Waals surface area contributed by atoms with E-state index in [1.807, 2.05) is 29.7 Å². The summed E-state index contributed by atoms with van der Waals surface area (Å²) in [5.74, 6) is 5.44. The maximum Gasteiger partial charge on any atom is 0.301 e. The van der Waals surface area contributed by atoms with Crippen molar-refractivity contribution in [3.63, 3.8) is 0 Å². The van der Waals surface area contributed by atoms with Crippen LogP contribution in [0, 0.1) is 6.92 Å². The van der Waals surface area contributed by atoms with Crippen molar-refractivity contribution in [3.05, 3.63) is 57.5 Å². The smallest absolute Gasteiger partial charge is 0.301 e. The van der Waals surface area contributed by atoms with Crippen LogP contribution in [0.2, 0.25) is 0 Å². The molecule has 2 aromatic rings. The first kappa shape index (κ1) is 14.8. The molecule has 1 heterocycles. The van der Waals surface area contributed by atoms with Crippen molar-refractivity contribution in [3.8, 4) is 0 Å². The van der Waals surface area contributed by atoms with Crippen molar-refractivity contribution in [1.29, 1.82) is 0 Å². The zero-order valence-corrected chi connectivity index (χ0v) is 12.6. The van der Waals surface area contributed by atoms with Gasteiger partial charge in [0, 0.05) is 10.0 Å². The van der Waals surface area contributed by atoms with E-state index >= 15 is 0 Å². The largest absolute Gasteiger partial charge is 0.453 e. The van der Waals surface area contributed by atoms with Gasteiger partial charge in [0.05, 0.1) is 6.61 Å². The average molecular weight is 339 g/mol. The molecule has 20 heavy (non-hydrogen) atoms. The molecular weight excluding hydrogens is 324 g/mol. The fourth-order valence-electron chi connectivity index (χ4n) is 1.79. The summed E-state index contributed by atoms with van der Waals surface area (Å²) in [6, 6.07) is 9.60. The second-order valence-corrected chi connectivity index (χ2v) is 5.14. The summed E-state index contributed by atoms with van der Waals surface area (Å²) in [5, 5.41) is 0. The molecule has 6 heteroatoms. The van der Waals surface area contributed by atoms with E-state index in [2.05, 4.69) is 15.9 Å². The molecule has 0 saturated carbocycles. The van der Waals surface area contributed by atoms with Crippen LogP contribution in [0.25, 0.3) is 0 Å². The summed E-state index contributed by atoms with van der Waals surface area (Å²) in [4.78, 5) is 11.4. The van der Waals surface area contributed by atoms with Crippen LogP contribution in [-0.4, -0.2) is 5.91 Å². The molecule has 0 radical (unpaired) electrons. The van der Waals surface area contributed by atoms with Gasteiger partial charge < -0.3 is 9.15 Å². The number of halogens is 1. The molecule has 0 atom stereocenters. The fourth-order valence-corrected chi connectivity index (χ4v) is 2.19. The Labute approximate surface area is 125 Å². The number of nitrogens with one attached hydrogen (secondary N) is 1. The molecule has 0 spiro atoms. The highest BCUT2D eigenvalue weighted by Gasteiger charge is 2.14. The average Bonchev–Trinajstić information content (AvgIpc) is 2.81. The van der Waals surface area contributed by atoms with Crippen LogP contribution in [0.4, 0.5) is 0 Å². The van der Waals surface area contributed by atoms with Gasteiger partial charge in [0.1, 0.15) is 12.4 Å². The van der Waals surface area contributed by atoms with Gasteiger partial charge in [-0.2, -0.15) is 0 Å². The minimum absolute atomic E-state index is 0.215. The number of hydrazine groups is 1. The highest BCUT2D eigenvalue weighted by Crippen LogP contribution is 2.19. The lowest BCUT2D eigenvalue weighted by Crippen LogP contribution is -2.30. The van der Waals surface area contributed by atoms with Crippen LogP contribution in [0.3, 0.4) is 0 Å². The number of ether oxygens (including phenoxy) is 1. The van der Waals surface area contributed by atoms with Crippen LogP contribution in [-0.2, 0) is 18.0 Å². The minimum atomic E-state index is -0.445. The van der Waals surface area contributed by atoms with Gasteiger partial charge in [0.15, 0.2) is 5.76 Å². The Hall–Kier alpha value is -1.63. The molecule has 0 saturated heterocycles. The molecule has 1 aromatic heterocycles. The number of furan rings is 1. The first-order chi connectivity index (χ1) is 9.61. The molecule has 0 aliphatic rings. The summed E-state index contributed by atoms with van der Waals surface area (Å²) >= 11 is 3.46. The van der Waals surface area contributed by atoms with Crippen molar-refractivity contribution in [1.82, 2.24) is 5.43 Å². The molecule has 0 bridgehead atoms. The molecule has 0 aliphatic heterocycles. The third-order valence-electron chi connectivity index (χ3n) is 2.77. The Morgan fingerprint density at radius 2 is 2.15 bits per heavy atom. The second kappa shape index (κ2) is 6.69. The number of benzene rings is 1. The summed E-state index contributed by atoms with van der Waals surface area (Å²) in [5.41, 5.74) is 3.83. The first-order valence-corrected chi connectivity index (χ1v) is 6.82. The lowest BCUT2D eigenvalue weighted by atomic mass is 10.2. The van der Waals surface area contributed by atoms with E-state index in [-0.39, 0.29) is 5.76 Å². The Balaban J connectivity index is 1.95. The van der Waals surface area contributed by atoms with Gasteiger partial charge in [-0.1, -0.05) is 34.1 Å². The van der Waals surface area contributed by atoms with Crippen LogP contribution in [0.15, 0.2) is 39.2 Å². The predicted molar refractivity (Wildman–Crippen MR) is 77.7 cm³/mol.